The van der Waals surface area contributed by atoms with Crippen molar-refractivity contribution in [2.24, 2.45) is 0 Å². The largest absolute Gasteiger partial charge is 0.381 e. The third-order valence-corrected chi connectivity index (χ3v) is 3.98. The van der Waals surface area contributed by atoms with Crippen LogP contribution in [0.4, 0.5) is 5.69 Å². The molecule has 86 valence electrons. The molecule has 1 aromatic rings. The molecule has 2 heterocycles. The van der Waals surface area contributed by atoms with Crippen molar-refractivity contribution in [1.82, 2.24) is 4.90 Å². The van der Waals surface area contributed by atoms with E-state index in [1.54, 1.807) is 0 Å². The number of nitrogens with one attached hydrogen (secondary N) is 1. The highest BCUT2D eigenvalue weighted by Gasteiger charge is 2.36. The first-order chi connectivity index (χ1) is 7.83. The predicted molar refractivity (Wildman–Crippen MR) is 67.8 cm³/mol. The second-order valence-electron chi connectivity index (χ2n) is 5.15. The highest BCUT2D eigenvalue weighted by atomic mass is 15.2. The van der Waals surface area contributed by atoms with Gasteiger partial charge in [0.25, 0.3) is 0 Å². The fraction of sp³-hybridized carbons (Fsp3) is 0.571. The molecule has 2 aliphatic rings. The summed E-state index contributed by atoms with van der Waals surface area (Å²) in [7, 11) is 0. The minimum Gasteiger partial charge on any atom is -0.381 e. The van der Waals surface area contributed by atoms with Gasteiger partial charge in [-0.25, -0.2) is 0 Å². The number of anilines is 1. The summed E-state index contributed by atoms with van der Waals surface area (Å²) in [5.74, 6) is 0. The first-order valence-electron chi connectivity index (χ1n) is 6.40. The van der Waals surface area contributed by atoms with Gasteiger partial charge in [-0.15, -0.1) is 0 Å². The van der Waals surface area contributed by atoms with Gasteiger partial charge < -0.3 is 5.32 Å². The maximum atomic E-state index is 3.71. The highest BCUT2D eigenvalue weighted by molar-refractivity contribution is 5.46. The standard InChI is InChI=1S/C14H20N2/c1-11-4-2-5-12(10-11)15-13-7-9-16-8-3-6-14(13)16/h2,4-5,10,13-15H,3,6-9H2,1H3. The Morgan fingerprint density at radius 3 is 3.06 bits per heavy atom. The average Bonchev–Trinajstić information content (AvgIpc) is 2.83. The van der Waals surface area contributed by atoms with Crippen LogP contribution in [0.2, 0.25) is 0 Å². The minimum atomic E-state index is 0.671. The molecule has 2 aliphatic heterocycles. The summed E-state index contributed by atoms with van der Waals surface area (Å²) in [6.07, 6.45) is 4.07. The second kappa shape index (κ2) is 4.10. The van der Waals surface area contributed by atoms with Gasteiger partial charge in [0.1, 0.15) is 0 Å². The van der Waals surface area contributed by atoms with Crippen LogP contribution in [-0.4, -0.2) is 30.1 Å². The van der Waals surface area contributed by atoms with Crippen LogP contribution in [0, 0.1) is 6.92 Å². The minimum absolute atomic E-state index is 0.671. The van der Waals surface area contributed by atoms with Gasteiger partial charge in [0, 0.05) is 24.3 Å². The van der Waals surface area contributed by atoms with Gasteiger partial charge in [-0.2, -0.15) is 0 Å². The van der Waals surface area contributed by atoms with Crippen molar-refractivity contribution in [3.8, 4) is 0 Å². The molecule has 0 amide bonds. The lowest BCUT2D eigenvalue weighted by Crippen LogP contribution is -2.33. The number of hydrogen-bond donors (Lipinski definition) is 1. The fourth-order valence-electron chi connectivity index (χ4n) is 3.20. The van der Waals surface area contributed by atoms with E-state index >= 15 is 0 Å². The first-order valence-corrected chi connectivity index (χ1v) is 6.40. The van der Waals surface area contributed by atoms with Gasteiger partial charge in [0.05, 0.1) is 0 Å². The second-order valence-corrected chi connectivity index (χ2v) is 5.15. The van der Waals surface area contributed by atoms with Gasteiger partial charge in [0.15, 0.2) is 0 Å². The van der Waals surface area contributed by atoms with E-state index in [0.717, 1.165) is 6.04 Å². The van der Waals surface area contributed by atoms with Crippen molar-refractivity contribution in [2.75, 3.05) is 18.4 Å². The molecule has 16 heavy (non-hydrogen) atoms. The molecule has 0 bridgehead atoms. The summed E-state index contributed by atoms with van der Waals surface area (Å²) in [6.45, 7) is 4.76. The van der Waals surface area contributed by atoms with Crippen LogP contribution < -0.4 is 5.32 Å². The average molecular weight is 216 g/mol. The van der Waals surface area contributed by atoms with Crippen LogP contribution in [0.1, 0.15) is 24.8 Å². The molecule has 2 unspecified atom stereocenters. The lowest BCUT2D eigenvalue weighted by molar-refractivity contribution is 0.318. The third kappa shape index (κ3) is 1.82. The Morgan fingerprint density at radius 1 is 1.25 bits per heavy atom. The molecule has 2 saturated heterocycles. The Balaban J connectivity index is 1.71. The summed E-state index contributed by atoms with van der Waals surface area (Å²) in [5.41, 5.74) is 2.63. The number of hydrogen-bond acceptors (Lipinski definition) is 2. The van der Waals surface area contributed by atoms with E-state index in [1.807, 2.05) is 0 Å². The van der Waals surface area contributed by atoms with E-state index in [0.29, 0.717) is 6.04 Å². The SMILES string of the molecule is Cc1cccc(NC2CCN3CCCC23)c1. The number of fused-ring (bicyclic) bond motifs is 1. The van der Waals surface area contributed by atoms with Crippen molar-refractivity contribution in [2.45, 2.75) is 38.3 Å². The van der Waals surface area contributed by atoms with Crippen LogP contribution in [-0.2, 0) is 0 Å². The maximum Gasteiger partial charge on any atom is 0.0429 e. The molecule has 1 aromatic carbocycles. The Kier molecular flexibility index (Phi) is 2.60. The number of benzene rings is 1. The molecule has 1 N–H and O–H groups in total. The van der Waals surface area contributed by atoms with Crippen molar-refractivity contribution in [3.63, 3.8) is 0 Å². The highest BCUT2D eigenvalue weighted by Crippen LogP contribution is 2.30. The van der Waals surface area contributed by atoms with Crippen molar-refractivity contribution < 1.29 is 0 Å². The van der Waals surface area contributed by atoms with Crippen LogP contribution in [0.25, 0.3) is 0 Å². The summed E-state index contributed by atoms with van der Waals surface area (Å²) in [4.78, 5) is 2.65. The lowest BCUT2D eigenvalue weighted by Gasteiger charge is -2.22. The van der Waals surface area contributed by atoms with E-state index in [4.69, 9.17) is 0 Å². The molecular weight excluding hydrogens is 196 g/mol. The van der Waals surface area contributed by atoms with Gasteiger partial charge >= 0.3 is 0 Å². The van der Waals surface area contributed by atoms with Crippen molar-refractivity contribution in [1.29, 1.82) is 0 Å². The fourth-order valence-corrected chi connectivity index (χ4v) is 3.20. The number of nitrogens with zero attached hydrogens (tertiary/aromatic N) is 1. The Labute approximate surface area is 97.6 Å². The lowest BCUT2D eigenvalue weighted by atomic mass is 10.1. The zero-order chi connectivity index (χ0) is 11.0. The smallest absolute Gasteiger partial charge is 0.0429 e. The van der Waals surface area contributed by atoms with E-state index in [2.05, 4.69) is 41.4 Å². The van der Waals surface area contributed by atoms with E-state index < -0.39 is 0 Å². The quantitative estimate of drug-likeness (QED) is 0.817. The number of rotatable bonds is 2. The molecule has 0 saturated carbocycles. The predicted octanol–water partition coefficient (Wildman–Crippen LogP) is 2.64. The zero-order valence-corrected chi connectivity index (χ0v) is 9.95. The van der Waals surface area contributed by atoms with Gasteiger partial charge in [-0.1, -0.05) is 12.1 Å². The van der Waals surface area contributed by atoms with Gasteiger partial charge in [0.2, 0.25) is 0 Å². The normalized spacial score (nSPS) is 29.3. The van der Waals surface area contributed by atoms with Crippen LogP contribution in [0.5, 0.6) is 0 Å². The van der Waals surface area contributed by atoms with Gasteiger partial charge in [-0.05, 0) is 50.4 Å². The molecule has 0 aliphatic carbocycles. The summed E-state index contributed by atoms with van der Waals surface area (Å²) in [6, 6.07) is 10.2. The van der Waals surface area contributed by atoms with Crippen LogP contribution >= 0.6 is 0 Å². The molecule has 2 atom stereocenters. The summed E-state index contributed by atoms with van der Waals surface area (Å²) >= 11 is 0. The van der Waals surface area contributed by atoms with E-state index in [9.17, 15) is 0 Å². The van der Waals surface area contributed by atoms with Crippen LogP contribution in [0.15, 0.2) is 24.3 Å². The first kappa shape index (κ1) is 10.2. The van der Waals surface area contributed by atoms with E-state index in [1.165, 1.54) is 43.6 Å². The molecule has 2 nitrogen and oxygen atoms in total. The maximum absolute atomic E-state index is 3.71. The zero-order valence-electron chi connectivity index (χ0n) is 9.95. The Bertz CT molecular complexity index is 375. The Morgan fingerprint density at radius 2 is 2.19 bits per heavy atom. The third-order valence-electron chi connectivity index (χ3n) is 3.98. The molecule has 0 spiro atoms. The molecular formula is C14H20N2. The molecule has 0 aromatic heterocycles. The molecule has 0 radical (unpaired) electrons. The molecule has 2 heteroatoms. The summed E-state index contributed by atoms with van der Waals surface area (Å²) < 4.78 is 0. The van der Waals surface area contributed by atoms with Crippen molar-refractivity contribution >= 4 is 5.69 Å². The van der Waals surface area contributed by atoms with E-state index in [-0.39, 0.29) is 0 Å². The number of aryl methyl sites for hydroxylation is 1. The topological polar surface area (TPSA) is 15.3 Å². The summed E-state index contributed by atoms with van der Waals surface area (Å²) in [5, 5.41) is 3.71. The van der Waals surface area contributed by atoms with Crippen LogP contribution in [0.3, 0.4) is 0 Å². The van der Waals surface area contributed by atoms with Crippen molar-refractivity contribution in [3.05, 3.63) is 29.8 Å². The Hall–Kier alpha value is -1.02. The molecule has 3 rings (SSSR count). The molecule has 2 fully saturated rings. The van der Waals surface area contributed by atoms with Gasteiger partial charge in [-0.3, -0.25) is 4.90 Å². The monoisotopic (exact) mass is 216 g/mol.